The van der Waals surface area contributed by atoms with Crippen LogP contribution in [0.15, 0.2) is 42.7 Å². The van der Waals surface area contributed by atoms with Crippen molar-refractivity contribution in [1.29, 1.82) is 0 Å². The van der Waals surface area contributed by atoms with E-state index < -0.39 is 0 Å². The van der Waals surface area contributed by atoms with E-state index in [1.54, 1.807) is 6.20 Å². The van der Waals surface area contributed by atoms with E-state index in [1.807, 2.05) is 37.4 Å². The van der Waals surface area contributed by atoms with Crippen LogP contribution in [-0.2, 0) is 6.42 Å². The van der Waals surface area contributed by atoms with E-state index in [1.165, 1.54) is 5.56 Å². The zero-order valence-electron chi connectivity index (χ0n) is 11.4. The molecule has 20 heavy (non-hydrogen) atoms. The Balaban J connectivity index is 1.64. The van der Waals surface area contributed by atoms with E-state index in [2.05, 4.69) is 16.0 Å². The fourth-order valence-electron chi connectivity index (χ4n) is 2.14. The van der Waals surface area contributed by atoms with Gasteiger partial charge in [-0.3, -0.25) is 4.98 Å². The molecule has 0 atom stereocenters. The number of H-pyrrole nitrogens is 1. The number of nitrogens with one attached hydrogen (secondary N) is 1. The second-order valence-electron chi connectivity index (χ2n) is 4.86. The molecule has 0 fully saturated rings. The number of pyridine rings is 1. The number of nitrogens with two attached hydrogens (primary N) is 1. The van der Waals surface area contributed by atoms with Gasteiger partial charge in [-0.25, -0.2) is 0 Å². The Labute approximate surface area is 117 Å². The first-order chi connectivity index (χ1) is 9.72. The van der Waals surface area contributed by atoms with Crippen LogP contribution < -0.4 is 10.5 Å². The Morgan fingerprint density at radius 1 is 1.25 bits per heavy atom. The number of aryl methyl sites for hydroxylation is 1. The van der Waals surface area contributed by atoms with Gasteiger partial charge in [0.1, 0.15) is 5.75 Å². The first-order valence-corrected chi connectivity index (χ1v) is 6.63. The predicted octanol–water partition coefficient (Wildman–Crippen LogP) is 3.08. The van der Waals surface area contributed by atoms with Crippen molar-refractivity contribution in [3.05, 3.63) is 54.0 Å². The molecule has 0 aliphatic rings. The summed E-state index contributed by atoms with van der Waals surface area (Å²) in [7, 11) is 0. The predicted molar refractivity (Wildman–Crippen MR) is 80.9 cm³/mol. The number of hydrogen-bond acceptors (Lipinski definition) is 3. The van der Waals surface area contributed by atoms with Gasteiger partial charge < -0.3 is 15.5 Å². The Bertz CT molecular complexity index is 716. The average molecular weight is 267 g/mol. The van der Waals surface area contributed by atoms with E-state index in [-0.39, 0.29) is 0 Å². The van der Waals surface area contributed by atoms with Crippen LogP contribution in [0, 0.1) is 6.92 Å². The fourth-order valence-corrected chi connectivity index (χ4v) is 2.14. The van der Waals surface area contributed by atoms with E-state index in [4.69, 9.17) is 10.5 Å². The van der Waals surface area contributed by atoms with Gasteiger partial charge in [0, 0.05) is 35.4 Å². The van der Waals surface area contributed by atoms with Crippen molar-refractivity contribution in [3.8, 4) is 5.75 Å². The van der Waals surface area contributed by atoms with Gasteiger partial charge in [-0.15, -0.1) is 0 Å². The molecule has 2 aromatic heterocycles. The van der Waals surface area contributed by atoms with Crippen molar-refractivity contribution >= 4 is 16.6 Å². The fraction of sp³-hybridized carbons (Fsp3) is 0.188. The van der Waals surface area contributed by atoms with Gasteiger partial charge in [-0.05, 0) is 36.8 Å². The molecular formula is C16H17N3O. The van der Waals surface area contributed by atoms with E-state index in [0.29, 0.717) is 6.61 Å². The summed E-state index contributed by atoms with van der Waals surface area (Å²) in [6, 6.07) is 10.00. The van der Waals surface area contributed by atoms with Crippen LogP contribution in [-0.4, -0.2) is 16.6 Å². The van der Waals surface area contributed by atoms with Crippen LogP contribution in [0.5, 0.6) is 5.75 Å². The third-order valence-corrected chi connectivity index (χ3v) is 3.32. The van der Waals surface area contributed by atoms with Crippen LogP contribution in [0.4, 0.5) is 5.69 Å². The summed E-state index contributed by atoms with van der Waals surface area (Å²) >= 11 is 0. The quantitative estimate of drug-likeness (QED) is 0.763. The number of fused-ring (bicyclic) bond motifs is 1. The second-order valence-corrected chi connectivity index (χ2v) is 4.86. The molecule has 0 bridgehead atoms. The lowest BCUT2D eigenvalue weighted by atomic mass is 10.2. The minimum Gasteiger partial charge on any atom is -0.493 e. The van der Waals surface area contributed by atoms with Gasteiger partial charge >= 0.3 is 0 Å². The molecule has 0 aliphatic heterocycles. The molecule has 3 rings (SSSR count). The molecule has 4 heteroatoms. The molecule has 0 spiro atoms. The van der Waals surface area contributed by atoms with E-state index in [9.17, 15) is 0 Å². The minimum absolute atomic E-state index is 0.626. The molecule has 4 nitrogen and oxygen atoms in total. The third kappa shape index (κ3) is 2.59. The molecule has 1 aromatic carbocycles. The van der Waals surface area contributed by atoms with Crippen LogP contribution in [0.3, 0.4) is 0 Å². The molecule has 0 aliphatic carbocycles. The summed E-state index contributed by atoms with van der Waals surface area (Å²) in [5.74, 6) is 0.837. The SMILES string of the molecule is Cc1ccc(CCOc2ccc3[nH]cc(N)c3c2)cn1. The van der Waals surface area contributed by atoms with Crippen LogP contribution in [0.1, 0.15) is 11.3 Å². The van der Waals surface area contributed by atoms with Crippen molar-refractivity contribution in [3.63, 3.8) is 0 Å². The van der Waals surface area contributed by atoms with Crippen molar-refractivity contribution in [2.24, 2.45) is 0 Å². The van der Waals surface area contributed by atoms with Gasteiger partial charge in [0.15, 0.2) is 0 Å². The standard InChI is InChI=1S/C16H17N3O/c1-11-2-3-12(9-18-11)6-7-20-13-4-5-16-14(8-13)15(17)10-19-16/h2-5,8-10,19H,6-7,17H2,1H3. The maximum absolute atomic E-state index is 5.88. The maximum Gasteiger partial charge on any atom is 0.120 e. The lowest BCUT2D eigenvalue weighted by molar-refractivity contribution is 0.322. The maximum atomic E-state index is 5.88. The number of aromatic nitrogens is 2. The lowest BCUT2D eigenvalue weighted by Gasteiger charge is -2.06. The molecule has 3 N–H and O–H groups in total. The molecule has 102 valence electrons. The van der Waals surface area contributed by atoms with Crippen molar-refractivity contribution in [1.82, 2.24) is 9.97 Å². The Hall–Kier alpha value is -2.49. The summed E-state index contributed by atoms with van der Waals surface area (Å²) in [6.07, 6.45) is 4.53. The lowest BCUT2D eigenvalue weighted by Crippen LogP contribution is -2.01. The van der Waals surface area contributed by atoms with Gasteiger partial charge in [0.2, 0.25) is 0 Å². The summed E-state index contributed by atoms with van der Waals surface area (Å²) in [4.78, 5) is 7.39. The first-order valence-electron chi connectivity index (χ1n) is 6.63. The second kappa shape index (κ2) is 5.25. The highest BCUT2D eigenvalue weighted by molar-refractivity contribution is 5.92. The van der Waals surface area contributed by atoms with Gasteiger partial charge in [-0.1, -0.05) is 6.07 Å². The highest BCUT2D eigenvalue weighted by atomic mass is 16.5. The number of benzene rings is 1. The molecule has 2 heterocycles. The molecule has 0 saturated heterocycles. The average Bonchev–Trinajstić information content (AvgIpc) is 2.83. The molecule has 0 amide bonds. The number of nitrogens with zero attached hydrogens (tertiary/aromatic N) is 1. The highest BCUT2D eigenvalue weighted by Gasteiger charge is 2.02. The summed E-state index contributed by atoms with van der Waals surface area (Å²) in [5.41, 5.74) is 9.86. The first kappa shape index (κ1) is 12.5. The number of aromatic amines is 1. The molecule has 0 saturated carbocycles. The van der Waals surface area contributed by atoms with Crippen LogP contribution in [0.25, 0.3) is 10.9 Å². The zero-order chi connectivity index (χ0) is 13.9. The number of nitrogen functional groups attached to an aromatic ring is 1. The number of ether oxygens (including phenoxy) is 1. The summed E-state index contributed by atoms with van der Waals surface area (Å²) in [6.45, 7) is 2.61. The molecule has 0 radical (unpaired) electrons. The topological polar surface area (TPSA) is 63.9 Å². The third-order valence-electron chi connectivity index (χ3n) is 3.32. The minimum atomic E-state index is 0.626. The Morgan fingerprint density at radius 2 is 2.15 bits per heavy atom. The number of hydrogen-bond donors (Lipinski definition) is 2. The molecule has 3 aromatic rings. The van der Waals surface area contributed by atoms with Crippen molar-refractivity contribution < 1.29 is 4.74 Å². The summed E-state index contributed by atoms with van der Waals surface area (Å²) < 4.78 is 5.78. The van der Waals surface area contributed by atoms with Crippen molar-refractivity contribution in [2.75, 3.05) is 12.3 Å². The van der Waals surface area contributed by atoms with Gasteiger partial charge in [0.25, 0.3) is 0 Å². The Morgan fingerprint density at radius 3 is 2.95 bits per heavy atom. The number of anilines is 1. The van der Waals surface area contributed by atoms with E-state index >= 15 is 0 Å². The molecule has 0 unspecified atom stereocenters. The summed E-state index contributed by atoms with van der Waals surface area (Å²) in [5, 5.41) is 1.000. The molecular weight excluding hydrogens is 250 g/mol. The largest absolute Gasteiger partial charge is 0.493 e. The monoisotopic (exact) mass is 267 g/mol. The van der Waals surface area contributed by atoms with Crippen LogP contribution in [0.2, 0.25) is 0 Å². The van der Waals surface area contributed by atoms with Gasteiger partial charge in [-0.2, -0.15) is 0 Å². The Kier molecular flexibility index (Phi) is 3.29. The van der Waals surface area contributed by atoms with Gasteiger partial charge in [0.05, 0.1) is 12.3 Å². The van der Waals surface area contributed by atoms with Crippen molar-refractivity contribution in [2.45, 2.75) is 13.3 Å². The normalized spacial score (nSPS) is 10.8. The number of rotatable bonds is 4. The van der Waals surface area contributed by atoms with E-state index in [0.717, 1.165) is 34.5 Å². The van der Waals surface area contributed by atoms with Crippen LogP contribution >= 0.6 is 0 Å². The smallest absolute Gasteiger partial charge is 0.120 e. The zero-order valence-corrected chi connectivity index (χ0v) is 11.4. The highest BCUT2D eigenvalue weighted by Crippen LogP contribution is 2.25.